The maximum atomic E-state index is 11.4. The van der Waals surface area contributed by atoms with Crippen molar-refractivity contribution in [1.29, 1.82) is 0 Å². The molecule has 0 radical (unpaired) electrons. The standard InChI is InChI=1S/C14H28N2O2/c1-4-16(11-12-7-8-12)10-6-5-9-14(2,15)13(17)18-3/h12H,4-11,15H2,1-3H3. The molecule has 0 aliphatic heterocycles. The summed E-state index contributed by atoms with van der Waals surface area (Å²) in [5.41, 5.74) is 5.09. The first-order valence-electron chi connectivity index (χ1n) is 7.09. The molecular formula is C14H28N2O2. The lowest BCUT2D eigenvalue weighted by Crippen LogP contribution is -2.45. The van der Waals surface area contributed by atoms with E-state index in [4.69, 9.17) is 10.5 Å². The fourth-order valence-electron chi connectivity index (χ4n) is 2.21. The number of carbonyl (C=O) groups is 1. The van der Waals surface area contributed by atoms with Crippen LogP contribution in [-0.4, -0.2) is 43.2 Å². The second kappa shape index (κ2) is 7.10. The monoisotopic (exact) mass is 256 g/mol. The van der Waals surface area contributed by atoms with Crippen LogP contribution in [0.3, 0.4) is 0 Å². The predicted octanol–water partition coefficient (Wildman–Crippen LogP) is 1.78. The molecule has 4 nitrogen and oxygen atoms in total. The van der Waals surface area contributed by atoms with Crippen LogP contribution in [0.5, 0.6) is 0 Å². The van der Waals surface area contributed by atoms with Crippen LogP contribution in [0.15, 0.2) is 0 Å². The summed E-state index contributed by atoms with van der Waals surface area (Å²) in [6.07, 6.45) is 5.58. The molecule has 106 valence electrons. The van der Waals surface area contributed by atoms with Gasteiger partial charge < -0.3 is 15.4 Å². The zero-order chi connectivity index (χ0) is 13.6. The molecule has 1 saturated carbocycles. The van der Waals surface area contributed by atoms with Crippen LogP contribution in [-0.2, 0) is 9.53 Å². The van der Waals surface area contributed by atoms with Crippen LogP contribution in [0, 0.1) is 5.92 Å². The van der Waals surface area contributed by atoms with E-state index in [0.717, 1.165) is 31.8 Å². The van der Waals surface area contributed by atoms with Crippen molar-refractivity contribution in [2.45, 2.75) is 51.5 Å². The lowest BCUT2D eigenvalue weighted by molar-refractivity contribution is -0.146. The minimum absolute atomic E-state index is 0.312. The number of hydrogen-bond donors (Lipinski definition) is 1. The van der Waals surface area contributed by atoms with E-state index in [-0.39, 0.29) is 5.97 Å². The smallest absolute Gasteiger partial charge is 0.325 e. The number of unbranched alkanes of at least 4 members (excludes halogenated alkanes) is 1. The molecule has 0 heterocycles. The van der Waals surface area contributed by atoms with Gasteiger partial charge in [-0.1, -0.05) is 6.92 Å². The molecule has 0 saturated heterocycles. The third-order valence-corrected chi connectivity index (χ3v) is 3.73. The quantitative estimate of drug-likeness (QED) is 0.505. The molecule has 1 aliphatic rings. The van der Waals surface area contributed by atoms with E-state index in [1.807, 2.05) is 0 Å². The molecule has 1 fully saturated rings. The Kier molecular flexibility index (Phi) is 6.09. The summed E-state index contributed by atoms with van der Waals surface area (Å²) in [5.74, 6) is 0.632. The van der Waals surface area contributed by atoms with E-state index < -0.39 is 5.54 Å². The first kappa shape index (κ1) is 15.4. The van der Waals surface area contributed by atoms with Gasteiger partial charge >= 0.3 is 5.97 Å². The molecule has 0 bridgehead atoms. The van der Waals surface area contributed by atoms with Crippen LogP contribution in [0.1, 0.15) is 46.0 Å². The summed E-state index contributed by atoms with van der Waals surface area (Å²) in [4.78, 5) is 13.9. The summed E-state index contributed by atoms with van der Waals surface area (Å²) in [6, 6.07) is 0. The fourth-order valence-corrected chi connectivity index (χ4v) is 2.21. The van der Waals surface area contributed by atoms with Crippen molar-refractivity contribution in [3.63, 3.8) is 0 Å². The van der Waals surface area contributed by atoms with Crippen LogP contribution < -0.4 is 5.73 Å². The summed E-state index contributed by atoms with van der Waals surface area (Å²) in [7, 11) is 1.39. The van der Waals surface area contributed by atoms with Crippen molar-refractivity contribution in [3.8, 4) is 0 Å². The van der Waals surface area contributed by atoms with Gasteiger partial charge in [0.2, 0.25) is 0 Å². The number of carbonyl (C=O) groups excluding carboxylic acids is 1. The summed E-state index contributed by atoms with van der Waals surface area (Å²) in [5, 5.41) is 0. The molecule has 1 atom stereocenters. The Morgan fingerprint density at radius 3 is 2.61 bits per heavy atom. The SMILES string of the molecule is CCN(CCCCC(C)(N)C(=O)OC)CC1CC1. The van der Waals surface area contributed by atoms with Gasteiger partial charge in [-0.05, 0) is 58.0 Å². The van der Waals surface area contributed by atoms with Gasteiger partial charge in [0.1, 0.15) is 5.54 Å². The minimum atomic E-state index is -0.831. The Labute approximate surface area is 111 Å². The molecule has 0 aromatic carbocycles. The highest BCUT2D eigenvalue weighted by Crippen LogP contribution is 2.29. The highest BCUT2D eigenvalue weighted by molar-refractivity contribution is 5.79. The van der Waals surface area contributed by atoms with Gasteiger partial charge in [0.05, 0.1) is 7.11 Å². The van der Waals surface area contributed by atoms with Crippen molar-refractivity contribution in [2.75, 3.05) is 26.7 Å². The third kappa shape index (κ3) is 5.36. The van der Waals surface area contributed by atoms with Crippen molar-refractivity contribution >= 4 is 5.97 Å². The molecule has 4 heteroatoms. The lowest BCUT2D eigenvalue weighted by Gasteiger charge is -2.23. The highest BCUT2D eigenvalue weighted by Gasteiger charge is 2.28. The summed E-state index contributed by atoms with van der Waals surface area (Å²) in [6.45, 7) is 7.44. The number of rotatable bonds is 9. The third-order valence-electron chi connectivity index (χ3n) is 3.73. The van der Waals surface area contributed by atoms with Gasteiger partial charge in [0.25, 0.3) is 0 Å². The number of nitrogens with zero attached hydrogens (tertiary/aromatic N) is 1. The van der Waals surface area contributed by atoms with Gasteiger partial charge in [-0.15, -0.1) is 0 Å². The van der Waals surface area contributed by atoms with Gasteiger partial charge in [-0.3, -0.25) is 4.79 Å². The van der Waals surface area contributed by atoms with Crippen LogP contribution >= 0.6 is 0 Å². The minimum Gasteiger partial charge on any atom is -0.468 e. The van der Waals surface area contributed by atoms with Crippen molar-refractivity contribution < 1.29 is 9.53 Å². The Morgan fingerprint density at radius 2 is 2.11 bits per heavy atom. The molecule has 1 rings (SSSR count). The predicted molar refractivity (Wildman–Crippen MR) is 73.3 cm³/mol. The first-order valence-corrected chi connectivity index (χ1v) is 7.09. The number of esters is 1. The lowest BCUT2D eigenvalue weighted by atomic mass is 9.96. The second-order valence-electron chi connectivity index (χ2n) is 5.70. The van der Waals surface area contributed by atoms with E-state index in [1.54, 1.807) is 6.92 Å². The van der Waals surface area contributed by atoms with Crippen LogP contribution in [0.2, 0.25) is 0 Å². The van der Waals surface area contributed by atoms with Gasteiger partial charge in [-0.25, -0.2) is 0 Å². The maximum absolute atomic E-state index is 11.4. The Bertz CT molecular complexity index is 263. The number of nitrogens with two attached hydrogens (primary N) is 1. The van der Waals surface area contributed by atoms with E-state index in [0.29, 0.717) is 6.42 Å². The molecule has 0 aromatic rings. The van der Waals surface area contributed by atoms with E-state index in [1.165, 1.54) is 26.5 Å². The van der Waals surface area contributed by atoms with Crippen molar-refractivity contribution in [2.24, 2.45) is 11.7 Å². The molecule has 18 heavy (non-hydrogen) atoms. The highest BCUT2D eigenvalue weighted by atomic mass is 16.5. The molecule has 1 unspecified atom stereocenters. The summed E-state index contributed by atoms with van der Waals surface area (Å²) >= 11 is 0. The van der Waals surface area contributed by atoms with Crippen LogP contribution in [0.4, 0.5) is 0 Å². The topological polar surface area (TPSA) is 55.6 Å². The molecular weight excluding hydrogens is 228 g/mol. The molecule has 0 amide bonds. The Morgan fingerprint density at radius 1 is 1.44 bits per heavy atom. The first-order chi connectivity index (χ1) is 8.49. The number of ether oxygens (including phenoxy) is 1. The number of methoxy groups -OCH3 is 1. The molecule has 0 aromatic heterocycles. The van der Waals surface area contributed by atoms with Gasteiger partial charge in [-0.2, -0.15) is 0 Å². The Hall–Kier alpha value is -0.610. The molecule has 0 spiro atoms. The zero-order valence-corrected chi connectivity index (χ0v) is 12.1. The van der Waals surface area contributed by atoms with Gasteiger partial charge in [0, 0.05) is 6.54 Å². The fraction of sp³-hybridized carbons (Fsp3) is 0.929. The molecule has 1 aliphatic carbocycles. The second-order valence-corrected chi connectivity index (χ2v) is 5.70. The number of hydrogen-bond acceptors (Lipinski definition) is 4. The average Bonchev–Trinajstić information content (AvgIpc) is 3.15. The Balaban J connectivity index is 2.14. The maximum Gasteiger partial charge on any atom is 0.325 e. The van der Waals surface area contributed by atoms with Crippen molar-refractivity contribution in [3.05, 3.63) is 0 Å². The normalized spacial score (nSPS) is 18.7. The average molecular weight is 256 g/mol. The van der Waals surface area contributed by atoms with Gasteiger partial charge in [0.15, 0.2) is 0 Å². The van der Waals surface area contributed by atoms with Crippen LogP contribution in [0.25, 0.3) is 0 Å². The van der Waals surface area contributed by atoms with E-state index >= 15 is 0 Å². The zero-order valence-electron chi connectivity index (χ0n) is 12.1. The van der Waals surface area contributed by atoms with E-state index in [9.17, 15) is 4.79 Å². The van der Waals surface area contributed by atoms with Crippen molar-refractivity contribution in [1.82, 2.24) is 4.90 Å². The largest absolute Gasteiger partial charge is 0.468 e. The summed E-state index contributed by atoms with van der Waals surface area (Å²) < 4.78 is 4.70. The van der Waals surface area contributed by atoms with E-state index in [2.05, 4.69) is 11.8 Å². The molecule has 2 N–H and O–H groups in total.